The van der Waals surface area contributed by atoms with Gasteiger partial charge in [0.1, 0.15) is 5.75 Å². The SMILES string of the molecule is C=CC(=O)Oc1ccccc1C(=C1C2CC3CC(C2)CC1C3)c1ccc2c(cnn2C2CCCCO2)c1. The molecule has 5 aliphatic rings. The van der Waals surface area contributed by atoms with Gasteiger partial charge in [0.25, 0.3) is 0 Å². The molecule has 1 unspecified atom stereocenters. The number of esters is 1. The second kappa shape index (κ2) is 9.29. The summed E-state index contributed by atoms with van der Waals surface area (Å²) in [6.07, 6.45) is 13.1. The Hall–Kier alpha value is -3.18. The van der Waals surface area contributed by atoms with Crippen LogP contribution in [0.4, 0.5) is 0 Å². The minimum atomic E-state index is -0.425. The minimum Gasteiger partial charge on any atom is -0.423 e. The van der Waals surface area contributed by atoms with E-state index < -0.39 is 5.97 Å². The molecule has 4 aliphatic carbocycles. The third kappa shape index (κ3) is 4.04. The number of benzene rings is 2. The zero-order valence-corrected chi connectivity index (χ0v) is 21.3. The van der Waals surface area contributed by atoms with Gasteiger partial charge in [-0.15, -0.1) is 0 Å². The largest absolute Gasteiger partial charge is 0.423 e. The molecule has 3 aromatic rings. The number of rotatable bonds is 5. The van der Waals surface area contributed by atoms with Gasteiger partial charge in [0, 0.05) is 23.6 Å². The van der Waals surface area contributed by atoms with Crippen molar-refractivity contribution in [2.45, 2.75) is 57.6 Å². The van der Waals surface area contributed by atoms with Gasteiger partial charge in [-0.25, -0.2) is 9.48 Å². The molecule has 5 heteroatoms. The first-order valence-electron chi connectivity index (χ1n) is 13.9. The third-order valence-electron chi connectivity index (χ3n) is 9.15. The van der Waals surface area contributed by atoms with E-state index in [2.05, 4.69) is 30.8 Å². The van der Waals surface area contributed by atoms with Crippen LogP contribution in [0.2, 0.25) is 0 Å². The maximum Gasteiger partial charge on any atom is 0.335 e. The molecule has 8 rings (SSSR count). The van der Waals surface area contributed by atoms with Crippen LogP contribution in [0.15, 0.2) is 66.9 Å². The highest BCUT2D eigenvalue weighted by atomic mass is 16.5. The molecule has 0 amide bonds. The van der Waals surface area contributed by atoms with Crippen molar-refractivity contribution < 1.29 is 14.3 Å². The fourth-order valence-corrected chi connectivity index (χ4v) is 7.84. The van der Waals surface area contributed by atoms with E-state index >= 15 is 0 Å². The zero-order valence-electron chi connectivity index (χ0n) is 21.3. The lowest BCUT2D eigenvalue weighted by Crippen LogP contribution is -2.40. The van der Waals surface area contributed by atoms with Crippen molar-refractivity contribution in [3.05, 3.63) is 78.0 Å². The Kier molecular flexibility index (Phi) is 5.77. The van der Waals surface area contributed by atoms with Gasteiger partial charge in [0.05, 0.1) is 11.7 Å². The van der Waals surface area contributed by atoms with Gasteiger partial charge >= 0.3 is 5.97 Å². The number of carbonyl (C=O) groups is 1. The highest BCUT2D eigenvalue weighted by molar-refractivity contribution is 5.92. The minimum absolute atomic E-state index is 0.0124. The van der Waals surface area contributed by atoms with E-state index in [-0.39, 0.29) is 6.23 Å². The fraction of sp³-hybridized carbons (Fsp3) is 0.438. The molecular weight excluding hydrogens is 460 g/mol. The number of allylic oxidation sites excluding steroid dienone is 1. The van der Waals surface area contributed by atoms with Gasteiger partial charge in [0.2, 0.25) is 0 Å². The van der Waals surface area contributed by atoms with Gasteiger partial charge in [-0.05, 0) is 104 Å². The molecule has 0 radical (unpaired) electrons. The molecule has 4 bridgehead atoms. The first-order valence-corrected chi connectivity index (χ1v) is 13.9. The Bertz CT molecular complexity index is 1360. The van der Waals surface area contributed by atoms with E-state index in [4.69, 9.17) is 14.6 Å². The smallest absolute Gasteiger partial charge is 0.335 e. The van der Waals surface area contributed by atoms with Crippen LogP contribution >= 0.6 is 0 Å². The predicted octanol–water partition coefficient (Wildman–Crippen LogP) is 7.08. The number of hydrogen-bond acceptors (Lipinski definition) is 4. The van der Waals surface area contributed by atoms with Crippen LogP contribution in [0.3, 0.4) is 0 Å². The number of fused-ring (bicyclic) bond motifs is 1. The van der Waals surface area contributed by atoms with Crippen molar-refractivity contribution in [2.75, 3.05) is 6.61 Å². The zero-order chi connectivity index (χ0) is 24.9. The summed E-state index contributed by atoms with van der Waals surface area (Å²) in [7, 11) is 0. The second-order valence-electron chi connectivity index (χ2n) is 11.4. The average molecular weight is 495 g/mol. The fourth-order valence-electron chi connectivity index (χ4n) is 7.84. The summed E-state index contributed by atoms with van der Waals surface area (Å²) >= 11 is 0. The van der Waals surface area contributed by atoms with Crippen molar-refractivity contribution in [3.8, 4) is 5.75 Å². The Balaban J connectivity index is 1.38. The van der Waals surface area contributed by atoms with E-state index in [1.54, 1.807) is 5.57 Å². The molecule has 1 saturated heterocycles. The maximum atomic E-state index is 12.3. The molecule has 5 fully saturated rings. The van der Waals surface area contributed by atoms with Crippen LogP contribution in [0.5, 0.6) is 5.75 Å². The van der Waals surface area contributed by atoms with E-state index in [1.807, 2.05) is 29.1 Å². The molecule has 37 heavy (non-hydrogen) atoms. The van der Waals surface area contributed by atoms with Crippen molar-refractivity contribution >= 4 is 22.4 Å². The van der Waals surface area contributed by atoms with Gasteiger partial charge < -0.3 is 9.47 Å². The van der Waals surface area contributed by atoms with Crippen LogP contribution in [0.25, 0.3) is 16.5 Å². The third-order valence-corrected chi connectivity index (χ3v) is 9.15. The molecule has 5 nitrogen and oxygen atoms in total. The van der Waals surface area contributed by atoms with Gasteiger partial charge in [-0.1, -0.05) is 36.4 Å². The van der Waals surface area contributed by atoms with Crippen molar-refractivity contribution in [3.63, 3.8) is 0 Å². The van der Waals surface area contributed by atoms with Crippen molar-refractivity contribution in [1.29, 1.82) is 0 Å². The normalized spacial score (nSPS) is 28.4. The first-order chi connectivity index (χ1) is 18.2. The molecule has 0 N–H and O–H groups in total. The number of para-hydroxylation sites is 1. The quantitative estimate of drug-likeness (QED) is 0.216. The molecular formula is C32H34N2O3. The number of nitrogens with zero attached hydrogens (tertiary/aromatic N) is 2. The molecule has 2 aromatic carbocycles. The molecule has 1 aromatic heterocycles. The van der Waals surface area contributed by atoms with Gasteiger partial charge in [-0.3, -0.25) is 0 Å². The molecule has 0 spiro atoms. The van der Waals surface area contributed by atoms with Crippen molar-refractivity contribution in [2.24, 2.45) is 23.7 Å². The molecule has 190 valence electrons. The summed E-state index contributed by atoms with van der Waals surface area (Å²) in [6, 6.07) is 14.7. The highest BCUT2D eigenvalue weighted by Gasteiger charge is 2.46. The van der Waals surface area contributed by atoms with E-state index in [0.29, 0.717) is 17.6 Å². The summed E-state index contributed by atoms with van der Waals surface area (Å²) in [5.74, 6) is 3.16. The Morgan fingerprint density at radius 2 is 1.81 bits per heavy atom. The van der Waals surface area contributed by atoms with E-state index in [1.165, 1.54) is 55.7 Å². The lowest BCUT2D eigenvalue weighted by atomic mass is 9.53. The summed E-state index contributed by atoms with van der Waals surface area (Å²) < 4.78 is 13.9. The number of hydrogen-bond donors (Lipinski definition) is 0. The molecule has 1 atom stereocenters. The van der Waals surface area contributed by atoms with E-state index in [0.717, 1.165) is 47.8 Å². The van der Waals surface area contributed by atoms with Crippen LogP contribution in [0, 0.1) is 23.7 Å². The Morgan fingerprint density at radius 1 is 1.03 bits per heavy atom. The second-order valence-corrected chi connectivity index (χ2v) is 11.4. The number of carbonyl (C=O) groups excluding carboxylic acids is 1. The van der Waals surface area contributed by atoms with Crippen LogP contribution in [0.1, 0.15) is 68.7 Å². The van der Waals surface area contributed by atoms with Gasteiger partial charge in [-0.2, -0.15) is 5.10 Å². The molecule has 2 heterocycles. The summed E-state index contributed by atoms with van der Waals surface area (Å²) in [5, 5.41) is 5.86. The Morgan fingerprint density at radius 3 is 2.54 bits per heavy atom. The number of aromatic nitrogens is 2. The summed E-state index contributed by atoms with van der Waals surface area (Å²) in [5.41, 5.74) is 6.13. The summed E-state index contributed by atoms with van der Waals surface area (Å²) in [6.45, 7) is 4.40. The maximum absolute atomic E-state index is 12.3. The van der Waals surface area contributed by atoms with Crippen LogP contribution < -0.4 is 4.74 Å². The average Bonchev–Trinajstić information content (AvgIpc) is 3.35. The summed E-state index contributed by atoms with van der Waals surface area (Å²) in [4.78, 5) is 12.3. The standard InChI is InChI=1S/C32H34N2O3/c1-2-30(35)37-28-8-4-3-7-26(28)32(31-23-14-20-13-21(16-23)17-24(31)15-20)22-10-11-27-25(18-22)19-33-34(27)29-9-5-6-12-36-29/h2-4,7-8,10-11,18-21,23-24,29H,1,5-6,9,12-17H2. The lowest BCUT2D eigenvalue weighted by Gasteiger charge is -2.52. The highest BCUT2D eigenvalue weighted by Crippen LogP contribution is 2.59. The topological polar surface area (TPSA) is 53.3 Å². The Labute approximate surface area is 218 Å². The van der Waals surface area contributed by atoms with E-state index in [9.17, 15) is 4.79 Å². The predicted molar refractivity (Wildman–Crippen MR) is 144 cm³/mol. The lowest BCUT2D eigenvalue weighted by molar-refractivity contribution is -0.128. The molecule has 1 aliphatic heterocycles. The van der Waals surface area contributed by atoms with Crippen LogP contribution in [-0.2, 0) is 9.53 Å². The number of ether oxygens (including phenoxy) is 2. The van der Waals surface area contributed by atoms with Crippen LogP contribution in [-0.4, -0.2) is 22.4 Å². The molecule has 4 saturated carbocycles. The monoisotopic (exact) mass is 494 g/mol. The van der Waals surface area contributed by atoms with Gasteiger partial charge in [0.15, 0.2) is 6.23 Å². The first kappa shape index (κ1) is 23.0. The van der Waals surface area contributed by atoms with Crippen molar-refractivity contribution in [1.82, 2.24) is 9.78 Å².